The van der Waals surface area contributed by atoms with E-state index in [1.807, 2.05) is 19.1 Å². The minimum Gasteiger partial charge on any atom is -0.481 e. The maximum absolute atomic E-state index is 12.2. The van der Waals surface area contributed by atoms with Gasteiger partial charge >= 0.3 is 0 Å². The van der Waals surface area contributed by atoms with Gasteiger partial charge in [-0.15, -0.1) is 0 Å². The monoisotopic (exact) mass is 338 g/mol. The molecule has 0 spiro atoms. The Labute approximate surface area is 144 Å². The van der Waals surface area contributed by atoms with Crippen LogP contribution in [0.3, 0.4) is 0 Å². The Hall–Kier alpha value is -1.26. The van der Waals surface area contributed by atoms with E-state index in [4.69, 9.17) is 16.3 Å². The Bertz CT molecular complexity index is 490. The van der Waals surface area contributed by atoms with Crippen LogP contribution >= 0.6 is 11.6 Å². The zero-order chi connectivity index (χ0) is 16.5. The minimum atomic E-state index is -0.469. The molecule has 1 fully saturated rings. The third-order valence-corrected chi connectivity index (χ3v) is 4.37. The van der Waals surface area contributed by atoms with Crippen LogP contribution in [0.1, 0.15) is 39.0 Å². The first-order valence-electron chi connectivity index (χ1n) is 8.61. The summed E-state index contributed by atoms with van der Waals surface area (Å²) in [7, 11) is 0. The van der Waals surface area contributed by atoms with Gasteiger partial charge in [0, 0.05) is 11.6 Å². The van der Waals surface area contributed by atoms with Crippen molar-refractivity contribution in [2.75, 3.05) is 26.2 Å². The number of benzene rings is 1. The fraction of sp³-hybridized carbons (Fsp3) is 0.611. The van der Waals surface area contributed by atoms with E-state index in [1.54, 1.807) is 12.1 Å². The van der Waals surface area contributed by atoms with Gasteiger partial charge in [0.25, 0.3) is 5.91 Å². The van der Waals surface area contributed by atoms with Crippen molar-refractivity contribution in [3.05, 3.63) is 29.3 Å². The second kappa shape index (κ2) is 9.78. The number of hydrogen-bond donors (Lipinski definition) is 1. The molecule has 5 heteroatoms. The first-order chi connectivity index (χ1) is 11.2. The van der Waals surface area contributed by atoms with Crippen LogP contribution in [0, 0.1) is 0 Å². The number of rotatable bonds is 8. The van der Waals surface area contributed by atoms with Gasteiger partial charge < -0.3 is 15.0 Å². The molecule has 0 unspecified atom stereocenters. The molecule has 0 radical (unpaired) electrons. The largest absolute Gasteiger partial charge is 0.481 e. The first-order valence-corrected chi connectivity index (χ1v) is 8.99. The molecule has 4 nitrogen and oxygen atoms in total. The number of hydrogen-bond acceptors (Lipinski definition) is 3. The molecule has 0 saturated carbocycles. The third-order valence-electron chi connectivity index (χ3n) is 4.14. The number of ether oxygens (including phenoxy) is 1. The zero-order valence-electron chi connectivity index (χ0n) is 13.9. The normalized spacial score (nSPS) is 16.8. The number of carbonyl (C=O) groups is 1. The molecule has 0 aromatic heterocycles. The van der Waals surface area contributed by atoms with E-state index in [0.29, 0.717) is 23.7 Å². The maximum atomic E-state index is 12.2. The standard InChI is InChI=1S/C18H27ClN2O2/c1-2-17(23-16-9-6-8-15(19)14-16)18(22)20-10-7-13-21-11-4-3-5-12-21/h6,8-9,14,17H,2-5,7,10-13H2,1H3,(H,20,22)/t17-/m0/s1. The molecule has 23 heavy (non-hydrogen) atoms. The number of piperidine rings is 1. The number of carbonyl (C=O) groups excluding carboxylic acids is 1. The molecule has 1 aliphatic rings. The van der Waals surface area contributed by atoms with Crippen LogP contribution < -0.4 is 10.1 Å². The molecule has 128 valence electrons. The van der Waals surface area contributed by atoms with Gasteiger partial charge in [0.1, 0.15) is 5.75 Å². The smallest absolute Gasteiger partial charge is 0.261 e. The highest BCUT2D eigenvalue weighted by atomic mass is 35.5. The quantitative estimate of drug-likeness (QED) is 0.738. The van der Waals surface area contributed by atoms with E-state index in [-0.39, 0.29) is 5.91 Å². The molecule has 1 aromatic carbocycles. The van der Waals surface area contributed by atoms with Gasteiger partial charge in [-0.25, -0.2) is 0 Å². The molecular weight excluding hydrogens is 312 g/mol. The van der Waals surface area contributed by atoms with Gasteiger partial charge in [0.2, 0.25) is 0 Å². The van der Waals surface area contributed by atoms with Crippen LogP contribution in [0.4, 0.5) is 0 Å². The lowest BCUT2D eigenvalue weighted by Gasteiger charge is -2.26. The highest BCUT2D eigenvalue weighted by Gasteiger charge is 2.18. The summed E-state index contributed by atoms with van der Waals surface area (Å²) in [5.74, 6) is 0.582. The molecule has 1 heterocycles. The van der Waals surface area contributed by atoms with Crippen molar-refractivity contribution >= 4 is 17.5 Å². The van der Waals surface area contributed by atoms with E-state index in [2.05, 4.69) is 10.2 Å². The molecule has 1 aliphatic heterocycles. The molecule has 0 bridgehead atoms. The first kappa shape index (κ1) is 18.1. The third kappa shape index (κ3) is 6.40. The Balaban J connectivity index is 1.69. The predicted molar refractivity (Wildman–Crippen MR) is 94.1 cm³/mol. The van der Waals surface area contributed by atoms with Gasteiger partial charge in [0.05, 0.1) is 0 Å². The van der Waals surface area contributed by atoms with Crippen molar-refractivity contribution in [1.82, 2.24) is 10.2 Å². The highest BCUT2D eigenvalue weighted by Crippen LogP contribution is 2.19. The molecule has 1 aromatic rings. The second-order valence-electron chi connectivity index (χ2n) is 6.02. The Kier molecular flexibility index (Phi) is 7.69. The Morgan fingerprint density at radius 1 is 1.35 bits per heavy atom. The van der Waals surface area contributed by atoms with Crippen molar-refractivity contribution in [1.29, 1.82) is 0 Å². The number of halogens is 1. The van der Waals surface area contributed by atoms with E-state index < -0.39 is 6.10 Å². The van der Waals surface area contributed by atoms with Gasteiger partial charge in [-0.2, -0.15) is 0 Å². The summed E-state index contributed by atoms with van der Waals surface area (Å²) in [5, 5.41) is 3.59. The summed E-state index contributed by atoms with van der Waals surface area (Å²) in [6.07, 6.45) is 5.11. The van der Waals surface area contributed by atoms with Crippen LogP contribution in [-0.4, -0.2) is 43.1 Å². The lowest BCUT2D eigenvalue weighted by atomic mass is 10.1. The Morgan fingerprint density at radius 3 is 2.83 bits per heavy atom. The summed E-state index contributed by atoms with van der Waals surface area (Å²) in [6, 6.07) is 7.16. The summed E-state index contributed by atoms with van der Waals surface area (Å²) in [5.41, 5.74) is 0. The van der Waals surface area contributed by atoms with Crippen LogP contribution in [-0.2, 0) is 4.79 Å². The minimum absolute atomic E-state index is 0.0499. The molecule has 2 rings (SSSR count). The van der Waals surface area contributed by atoms with Crippen LogP contribution in [0.5, 0.6) is 5.75 Å². The zero-order valence-corrected chi connectivity index (χ0v) is 14.6. The van der Waals surface area contributed by atoms with E-state index in [0.717, 1.165) is 13.0 Å². The van der Waals surface area contributed by atoms with Crippen molar-refractivity contribution in [3.8, 4) is 5.75 Å². The molecule has 1 saturated heterocycles. The summed E-state index contributed by atoms with van der Waals surface area (Å²) >= 11 is 5.94. The van der Waals surface area contributed by atoms with Gasteiger partial charge in [-0.1, -0.05) is 31.0 Å². The number of amides is 1. The van der Waals surface area contributed by atoms with Crippen LogP contribution in [0.15, 0.2) is 24.3 Å². The highest BCUT2D eigenvalue weighted by molar-refractivity contribution is 6.30. The van der Waals surface area contributed by atoms with Gasteiger partial charge in [-0.3, -0.25) is 4.79 Å². The van der Waals surface area contributed by atoms with E-state index in [9.17, 15) is 4.79 Å². The lowest BCUT2D eigenvalue weighted by molar-refractivity contribution is -0.128. The second-order valence-corrected chi connectivity index (χ2v) is 6.46. The summed E-state index contributed by atoms with van der Waals surface area (Å²) in [6.45, 7) is 6.10. The van der Waals surface area contributed by atoms with Crippen LogP contribution in [0.2, 0.25) is 5.02 Å². The topological polar surface area (TPSA) is 41.6 Å². The van der Waals surface area contributed by atoms with Gasteiger partial charge in [-0.05, 0) is 63.5 Å². The van der Waals surface area contributed by atoms with Crippen LogP contribution in [0.25, 0.3) is 0 Å². The lowest BCUT2D eigenvalue weighted by Crippen LogP contribution is -2.39. The van der Waals surface area contributed by atoms with E-state index in [1.165, 1.54) is 32.4 Å². The summed E-state index contributed by atoms with van der Waals surface area (Å²) < 4.78 is 5.75. The fourth-order valence-corrected chi connectivity index (χ4v) is 3.02. The molecule has 1 atom stereocenters. The number of nitrogens with one attached hydrogen (secondary N) is 1. The van der Waals surface area contributed by atoms with Gasteiger partial charge in [0.15, 0.2) is 6.10 Å². The predicted octanol–water partition coefficient (Wildman–Crippen LogP) is 3.49. The average Bonchev–Trinajstić information content (AvgIpc) is 2.57. The molecule has 0 aliphatic carbocycles. The summed E-state index contributed by atoms with van der Waals surface area (Å²) in [4.78, 5) is 14.7. The Morgan fingerprint density at radius 2 is 2.13 bits per heavy atom. The average molecular weight is 339 g/mol. The van der Waals surface area contributed by atoms with Crippen molar-refractivity contribution in [3.63, 3.8) is 0 Å². The number of nitrogens with zero attached hydrogens (tertiary/aromatic N) is 1. The molecule has 1 amide bonds. The SMILES string of the molecule is CC[C@H](Oc1cccc(Cl)c1)C(=O)NCCCN1CCCCC1. The molecule has 1 N–H and O–H groups in total. The maximum Gasteiger partial charge on any atom is 0.261 e. The fourth-order valence-electron chi connectivity index (χ4n) is 2.84. The van der Waals surface area contributed by atoms with Crippen molar-refractivity contribution in [2.24, 2.45) is 0 Å². The van der Waals surface area contributed by atoms with E-state index >= 15 is 0 Å². The van der Waals surface area contributed by atoms with Crippen molar-refractivity contribution in [2.45, 2.75) is 45.1 Å². The molecular formula is C18H27ClN2O2. The number of likely N-dealkylation sites (tertiary alicyclic amines) is 1. The van der Waals surface area contributed by atoms with Crippen molar-refractivity contribution < 1.29 is 9.53 Å².